The summed E-state index contributed by atoms with van der Waals surface area (Å²) in [4.78, 5) is 17.4. The summed E-state index contributed by atoms with van der Waals surface area (Å²) in [5, 5.41) is 6.45. The summed E-state index contributed by atoms with van der Waals surface area (Å²) in [7, 11) is 0. The molecule has 52 heavy (non-hydrogen) atoms. The minimum atomic E-state index is 0.614. The number of para-hydroxylation sites is 1. The Kier molecular flexibility index (Phi) is 7.07. The third-order valence-corrected chi connectivity index (χ3v) is 9.67. The fourth-order valence-corrected chi connectivity index (χ4v) is 7.18. The van der Waals surface area contributed by atoms with Gasteiger partial charge in [0.2, 0.25) is 0 Å². The van der Waals surface area contributed by atoms with Crippen LogP contribution in [0.5, 0.6) is 0 Å². The van der Waals surface area contributed by atoms with Gasteiger partial charge in [0.05, 0.1) is 0 Å². The van der Waals surface area contributed by atoms with Gasteiger partial charge in [-0.05, 0) is 58.6 Å². The Hall–Kier alpha value is -7.11. The van der Waals surface area contributed by atoms with E-state index in [-0.39, 0.29) is 0 Å². The van der Waals surface area contributed by atoms with Crippen molar-refractivity contribution in [2.24, 2.45) is 0 Å². The predicted octanol–water partition coefficient (Wildman–Crippen LogP) is 12.5. The van der Waals surface area contributed by atoms with Crippen molar-refractivity contribution in [3.63, 3.8) is 0 Å². The molecule has 0 aliphatic heterocycles. The Labute approximate surface area is 300 Å². The molecule has 0 unspecified atom stereocenters. The molecular weight excluding hydrogens is 637 g/mol. The van der Waals surface area contributed by atoms with E-state index in [0.717, 1.165) is 66.5 Å². The van der Waals surface area contributed by atoms with Crippen LogP contribution < -0.4 is 4.90 Å². The van der Waals surface area contributed by atoms with Crippen molar-refractivity contribution in [1.29, 1.82) is 0 Å². The number of hydrogen-bond acceptors (Lipinski definition) is 5. The molecule has 0 aliphatic rings. The van der Waals surface area contributed by atoms with Crippen LogP contribution in [0.2, 0.25) is 0 Å². The molecule has 2 heterocycles. The summed E-state index contributed by atoms with van der Waals surface area (Å²) in [6, 6.07) is 62.7. The van der Waals surface area contributed by atoms with E-state index in [2.05, 4.69) is 120 Å². The van der Waals surface area contributed by atoms with Crippen molar-refractivity contribution in [3.8, 4) is 34.2 Å². The molecule has 0 N–H and O–H groups in total. The molecule has 0 fully saturated rings. The van der Waals surface area contributed by atoms with Crippen LogP contribution in [-0.2, 0) is 0 Å². The molecule has 0 amide bonds. The van der Waals surface area contributed by atoms with Gasteiger partial charge >= 0.3 is 0 Å². The molecule has 0 saturated carbocycles. The lowest BCUT2D eigenvalue weighted by Crippen LogP contribution is -2.09. The van der Waals surface area contributed by atoms with Gasteiger partial charge in [-0.2, -0.15) is 0 Å². The topological polar surface area (TPSA) is 55.1 Å². The van der Waals surface area contributed by atoms with Gasteiger partial charge in [0.15, 0.2) is 17.5 Å². The zero-order valence-corrected chi connectivity index (χ0v) is 28.0. The largest absolute Gasteiger partial charge is 0.455 e. The number of fused-ring (bicyclic) bond motifs is 6. The highest BCUT2D eigenvalue weighted by atomic mass is 16.3. The number of benzene rings is 8. The van der Waals surface area contributed by atoms with Crippen molar-refractivity contribution >= 4 is 60.5 Å². The molecule has 0 radical (unpaired) electrons. The Balaban J connectivity index is 1.18. The Morgan fingerprint density at radius 2 is 0.923 bits per heavy atom. The summed E-state index contributed by atoms with van der Waals surface area (Å²) >= 11 is 0. The second kappa shape index (κ2) is 12.3. The molecule has 2 aromatic heterocycles. The summed E-state index contributed by atoms with van der Waals surface area (Å²) in [5.41, 5.74) is 7.59. The fraction of sp³-hybridized carbons (Fsp3) is 0. The Bertz CT molecular complexity index is 2850. The van der Waals surface area contributed by atoms with E-state index in [1.807, 2.05) is 66.7 Å². The second-order valence-corrected chi connectivity index (χ2v) is 12.9. The molecule has 8 aromatic carbocycles. The minimum absolute atomic E-state index is 0.614. The molecule has 5 nitrogen and oxygen atoms in total. The molecule has 10 aromatic rings. The van der Waals surface area contributed by atoms with E-state index in [4.69, 9.17) is 19.4 Å². The first-order chi connectivity index (χ1) is 25.8. The van der Waals surface area contributed by atoms with E-state index >= 15 is 0 Å². The van der Waals surface area contributed by atoms with Gasteiger partial charge in [-0.15, -0.1) is 0 Å². The lowest BCUT2D eigenvalue weighted by Gasteiger charge is -2.25. The van der Waals surface area contributed by atoms with Gasteiger partial charge in [0.25, 0.3) is 0 Å². The fourth-order valence-electron chi connectivity index (χ4n) is 7.18. The van der Waals surface area contributed by atoms with Gasteiger partial charge in [-0.25, -0.2) is 15.0 Å². The Morgan fingerprint density at radius 3 is 1.63 bits per heavy atom. The number of furan rings is 1. The monoisotopic (exact) mass is 666 g/mol. The average Bonchev–Trinajstić information content (AvgIpc) is 3.59. The van der Waals surface area contributed by atoms with Crippen molar-refractivity contribution < 1.29 is 4.42 Å². The molecule has 0 spiro atoms. The Morgan fingerprint density at radius 1 is 0.365 bits per heavy atom. The van der Waals surface area contributed by atoms with Crippen molar-refractivity contribution in [2.75, 3.05) is 4.90 Å². The van der Waals surface area contributed by atoms with Gasteiger partial charge in [-0.3, -0.25) is 0 Å². The predicted molar refractivity (Wildman–Crippen MR) is 213 cm³/mol. The average molecular weight is 667 g/mol. The first kappa shape index (κ1) is 29.8. The highest BCUT2D eigenvalue weighted by Gasteiger charge is 2.20. The van der Waals surface area contributed by atoms with Crippen molar-refractivity contribution in [3.05, 3.63) is 182 Å². The number of hydrogen-bond donors (Lipinski definition) is 0. The smallest absolute Gasteiger partial charge is 0.164 e. The molecule has 10 rings (SSSR count). The quantitative estimate of drug-likeness (QED) is 0.177. The first-order valence-electron chi connectivity index (χ1n) is 17.4. The van der Waals surface area contributed by atoms with Crippen LogP contribution in [0, 0.1) is 0 Å². The summed E-state index contributed by atoms with van der Waals surface area (Å²) in [6.45, 7) is 0. The van der Waals surface area contributed by atoms with Crippen LogP contribution in [0.1, 0.15) is 0 Å². The van der Waals surface area contributed by atoms with Crippen molar-refractivity contribution in [1.82, 2.24) is 15.0 Å². The first-order valence-corrected chi connectivity index (χ1v) is 17.4. The number of rotatable bonds is 6. The molecule has 0 atom stereocenters. The van der Waals surface area contributed by atoms with E-state index in [9.17, 15) is 0 Å². The van der Waals surface area contributed by atoms with Crippen LogP contribution in [0.25, 0.3) is 77.6 Å². The number of nitrogens with zero attached hydrogens (tertiary/aromatic N) is 4. The normalized spacial score (nSPS) is 11.5. The van der Waals surface area contributed by atoms with Crippen LogP contribution in [0.4, 0.5) is 17.1 Å². The summed E-state index contributed by atoms with van der Waals surface area (Å²) in [5.74, 6) is 1.87. The second-order valence-electron chi connectivity index (χ2n) is 12.9. The zero-order chi connectivity index (χ0) is 34.4. The van der Waals surface area contributed by atoms with E-state index in [1.165, 1.54) is 10.8 Å². The number of aromatic nitrogens is 3. The maximum atomic E-state index is 6.80. The molecule has 5 heteroatoms. The van der Waals surface area contributed by atoms with Crippen LogP contribution in [0.15, 0.2) is 186 Å². The molecule has 0 saturated heterocycles. The highest BCUT2D eigenvalue weighted by molar-refractivity contribution is 6.19. The molecule has 0 bridgehead atoms. The van der Waals surface area contributed by atoms with Crippen molar-refractivity contribution in [2.45, 2.75) is 0 Å². The van der Waals surface area contributed by atoms with Gasteiger partial charge in [0, 0.05) is 56.0 Å². The van der Waals surface area contributed by atoms with Crippen LogP contribution in [0.3, 0.4) is 0 Å². The third-order valence-electron chi connectivity index (χ3n) is 9.67. The van der Waals surface area contributed by atoms with E-state index in [1.54, 1.807) is 0 Å². The van der Waals surface area contributed by atoms with Gasteiger partial charge < -0.3 is 9.32 Å². The summed E-state index contributed by atoms with van der Waals surface area (Å²) < 4.78 is 6.80. The number of anilines is 3. The van der Waals surface area contributed by atoms with E-state index in [0.29, 0.717) is 17.5 Å². The standard InChI is InChI=1S/C47H30N4O/c1-4-15-32(16-5-1)45-48-46(33-17-6-2-7-18-33)50-47(49-45)42-30-41-39-27-26-37(29-43(39)52-44(41)40-23-13-12-22-38(40)42)51(35-20-8-3-9-21-35)36-25-24-31-14-10-11-19-34(31)28-36/h1-30H. The highest BCUT2D eigenvalue weighted by Crippen LogP contribution is 2.43. The molecular formula is C47H30N4O. The van der Waals surface area contributed by atoms with Crippen LogP contribution >= 0.6 is 0 Å². The maximum absolute atomic E-state index is 6.80. The SMILES string of the molecule is c1ccc(-c2nc(-c3ccccc3)nc(-c3cc4c5ccc(N(c6ccccc6)c6ccc7ccccc7c6)cc5oc4c4ccccc34)n2)cc1. The third kappa shape index (κ3) is 5.15. The zero-order valence-electron chi connectivity index (χ0n) is 28.0. The lowest BCUT2D eigenvalue weighted by atomic mass is 9.99. The molecule has 0 aliphatic carbocycles. The molecule has 244 valence electrons. The van der Waals surface area contributed by atoms with E-state index < -0.39 is 0 Å². The van der Waals surface area contributed by atoms with Crippen LogP contribution in [-0.4, -0.2) is 15.0 Å². The summed E-state index contributed by atoms with van der Waals surface area (Å²) in [6.07, 6.45) is 0. The lowest BCUT2D eigenvalue weighted by molar-refractivity contribution is 0.673. The maximum Gasteiger partial charge on any atom is 0.164 e. The van der Waals surface area contributed by atoms with Gasteiger partial charge in [0.1, 0.15) is 11.2 Å². The van der Waals surface area contributed by atoms with Gasteiger partial charge in [-0.1, -0.05) is 133 Å². The minimum Gasteiger partial charge on any atom is -0.455 e.